The van der Waals surface area contributed by atoms with E-state index in [-0.39, 0.29) is 10.6 Å². The van der Waals surface area contributed by atoms with Gasteiger partial charge in [0.25, 0.3) is 0 Å². The minimum Gasteiger partial charge on any atom is -0.379 e. The van der Waals surface area contributed by atoms with Crippen LogP contribution >= 0.6 is 0 Å². The average Bonchev–Trinajstić information content (AvgIpc) is 2.35. The third-order valence-corrected chi connectivity index (χ3v) is 2.73. The highest BCUT2D eigenvalue weighted by atomic mass is 16.6. The second-order valence-electron chi connectivity index (χ2n) is 4.28. The molecule has 0 radical (unpaired) electrons. The molecule has 1 aromatic carbocycles. The molecule has 0 aliphatic carbocycles. The smallest absolute Gasteiger partial charge is 0.315 e. The highest BCUT2D eigenvalue weighted by molar-refractivity contribution is 5.76. The summed E-state index contributed by atoms with van der Waals surface area (Å²) in [5.74, 6) is 0. The third kappa shape index (κ3) is 3.35. The van der Waals surface area contributed by atoms with Crippen LogP contribution in [0.25, 0.3) is 0 Å². The van der Waals surface area contributed by atoms with Crippen molar-refractivity contribution in [3.63, 3.8) is 0 Å². The van der Waals surface area contributed by atoms with Gasteiger partial charge in [0.2, 0.25) is 0 Å². The first kappa shape index (κ1) is 14.3. The number of nitrogens with zero attached hydrogens (tertiary/aromatic N) is 2. The van der Waals surface area contributed by atoms with Crippen LogP contribution in [0.3, 0.4) is 0 Å². The summed E-state index contributed by atoms with van der Waals surface area (Å²) in [6.07, 6.45) is 1.90. The van der Waals surface area contributed by atoms with Crippen LogP contribution in [-0.2, 0) is 0 Å². The molecule has 5 nitrogen and oxygen atoms in total. The summed E-state index contributed by atoms with van der Waals surface area (Å²) >= 11 is 0. The molecule has 0 saturated carbocycles. The molecule has 1 aromatic rings. The maximum atomic E-state index is 11.3. The predicted octanol–water partition coefficient (Wildman–Crippen LogP) is 3.26. The number of rotatable bonds is 7. The monoisotopic (exact) mass is 251 g/mol. The largest absolute Gasteiger partial charge is 0.379 e. The van der Waals surface area contributed by atoms with Gasteiger partial charge >= 0.3 is 5.69 Å². The van der Waals surface area contributed by atoms with Gasteiger partial charge in [-0.05, 0) is 25.0 Å². The SMILES string of the molecule is CCCNc1cccc(N(C)CCC)c1[N+](=O)[O-]. The number of benzene rings is 1. The molecule has 0 atom stereocenters. The van der Waals surface area contributed by atoms with Gasteiger partial charge in [0.15, 0.2) is 0 Å². The van der Waals surface area contributed by atoms with Crippen LogP contribution in [0.4, 0.5) is 17.1 Å². The molecule has 5 heteroatoms. The molecule has 18 heavy (non-hydrogen) atoms. The van der Waals surface area contributed by atoms with Gasteiger partial charge in [-0.3, -0.25) is 10.1 Å². The van der Waals surface area contributed by atoms with Crippen molar-refractivity contribution < 1.29 is 4.92 Å². The number of nitrogens with one attached hydrogen (secondary N) is 1. The van der Waals surface area contributed by atoms with Crippen LogP contribution in [0.15, 0.2) is 18.2 Å². The van der Waals surface area contributed by atoms with Gasteiger partial charge < -0.3 is 10.2 Å². The lowest BCUT2D eigenvalue weighted by Gasteiger charge is -2.19. The molecule has 1 rings (SSSR count). The fraction of sp³-hybridized carbons (Fsp3) is 0.538. The number of nitro groups is 1. The van der Waals surface area contributed by atoms with Crippen LogP contribution < -0.4 is 10.2 Å². The van der Waals surface area contributed by atoms with E-state index in [1.165, 1.54) is 0 Å². The zero-order chi connectivity index (χ0) is 13.5. The molecule has 0 unspecified atom stereocenters. The Morgan fingerprint density at radius 2 is 2.06 bits per heavy atom. The second-order valence-corrected chi connectivity index (χ2v) is 4.28. The molecule has 0 amide bonds. The summed E-state index contributed by atoms with van der Waals surface area (Å²) in [7, 11) is 1.88. The van der Waals surface area contributed by atoms with Crippen LogP contribution in [0.2, 0.25) is 0 Å². The van der Waals surface area contributed by atoms with Gasteiger partial charge in [0.1, 0.15) is 11.4 Å². The van der Waals surface area contributed by atoms with Gasteiger partial charge in [-0.2, -0.15) is 0 Å². The molecule has 0 bridgehead atoms. The lowest BCUT2D eigenvalue weighted by molar-refractivity contribution is -0.383. The summed E-state index contributed by atoms with van der Waals surface area (Å²) in [6.45, 7) is 5.63. The Morgan fingerprint density at radius 1 is 1.33 bits per heavy atom. The van der Waals surface area contributed by atoms with E-state index < -0.39 is 0 Å². The van der Waals surface area contributed by atoms with E-state index in [9.17, 15) is 10.1 Å². The van der Waals surface area contributed by atoms with E-state index >= 15 is 0 Å². The van der Waals surface area contributed by atoms with Crippen molar-refractivity contribution in [2.75, 3.05) is 30.4 Å². The molecule has 0 aromatic heterocycles. The molecule has 0 spiro atoms. The second kappa shape index (κ2) is 6.83. The molecule has 100 valence electrons. The van der Waals surface area contributed by atoms with Crippen LogP contribution in [-0.4, -0.2) is 25.1 Å². The highest BCUT2D eigenvalue weighted by Gasteiger charge is 2.21. The summed E-state index contributed by atoms with van der Waals surface area (Å²) in [5, 5.41) is 14.4. The van der Waals surface area contributed by atoms with Crippen molar-refractivity contribution in [1.29, 1.82) is 0 Å². The number of hydrogen-bond acceptors (Lipinski definition) is 4. The Kier molecular flexibility index (Phi) is 5.42. The van der Waals surface area contributed by atoms with Crippen LogP contribution in [0.5, 0.6) is 0 Å². The van der Waals surface area contributed by atoms with Crippen molar-refractivity contribution in [1.82, 2.24) is 0 Å². The predicted molar refractivity (Wildman–Crippen MR) is 75.4 cm³/mol. The van der Waals surface area contributed by atoms with Crippen molar-refractivity contribution >= 4 is 17.1 Å². The van der Waals surface area contributed by atoms with E-state index in [1.54, 1.807) is 12.1 Å². The Bertz CT molecular complexity index is 407. The van der Waals surface area contributed by atoms with E-state index in [4.69, 9.17) is 0 Å². The molecule has 0 heterocycles. The number of para-hydroxylation sites is 1. The summed E-state index contributed by atoms with van der Waals surface area (Å²) in [5.41, 5.74) is 1.44. The molecule has 0 aliphatic heterocycles. The summed E-state index contributed by atoms with van der Waals surface area (Å²) in [6, 6.07) is 5.41. The minimum atomic E-state index is -0.306. The van der Waals surface area contributed by atoms with Crippen molar-refractivity contribution in [2.45, 2.75) is 26.7 Å². The van der Waals surface area contributed by atoms with Crippen LogP contribution in [0, 0.1) is 10.1 Å². The average molecular weight is 251 g/mol. The zero-order valence-corrected chi connectivity index (χ0v) is 11.3. The van der Waals surface area contributed by atoms with E-state index in [1.807, 2.05) is 24.9 Å². The quantitative estimate of drug-likeness (QED) is 0.597. The first-order chi connectivity index (χ1) is 8.61. The maximum Gasteiger partial charge on any atom is 0.315 e. The fourth-order valence-electron chi connectivity index (χ4n) is 1.89. The number of hydrogen-bond donors (Lipinski definition) is 1. The first-order valence-corrected chi connectivity index (χ1v) is 6.34. The molecule has 0 aliphatic rings. The van der Waals surface area contributed by atoms with Gasteiger partial charge in [-0.15, -0.1) is 0 Å². The van der Waals surface area contributed by atoms with Crippen molar-refractivity contribution in [3.8, 4) is 0 Å². The standard InChI is InChI=1S/C13H21N3O2/c1-4-9-14-11-7-6-8-12(13(11)16(17)18)15(3)10-5-2/h6-8,14H,4-5,9-10H2,1-3H3. The van der Waals surface area contributed by atoms with Gasteiger partial charge in [0, 0.05) is 20.1 Å². The molecular weight excluding hydrogens is 230 g/mol. The third-order valence-electron chi connectivity index (χ3n) is 2.73. The van der Waals surface area contributed by atoms with Gasteiger partial charge in [-0.1, -0.05) is 19.9 Å². The Morgan fingerprint density at radius 3 is 2.61 bits per heavy atom. The topological polar surface area (TPSA) is 58.4 Å². The molecule has 1 N–H and O–H groups in total. The first-order valence-electron chi connectivity index (χ1n) is 6.34. The zero-order valence-electron chi connectivity index (χ0n) is 11.3. The molecule has 0 saturated heterocycles. The number of anilines is 2. The fourth-order valence-corrected chi connectivity index (χ4v) is 1.89. The molecular formula is C13H21N3O2. The van der Waals surface area contributed by atoms with E-state index in [2.05, 4.69) is 12.2 Å². The number of nitro benzene ring substituents is 1. The Balaban J connectivity index is 3.12. The Labute approximate surface area is 108 Å². The minimum absolute atomic E-state index is 0.168. The van der Waals surface area contributed by atoms with E-state index in [0.29, 0.717) is 11.4 Å². The normalized spacial score (nSPS) is 10.2. The van der Waals surface area contributed by atoms with Crippen LogP contribution in [0.1, 0.15) is 26.7 Å². The Hall–Kier alpha value is -1.78. The van der Waals surface area contributed by atoms with Crippen molar-refractivity contribution in [3.05, 3.63) is 28.3 Å². The molecule has 0 fully saturated rings. The maximum absolute atomic E-state index is 11.3. The van der Waals surface area contributed by atoms with E-state index in [0.717, 1.165) is 25.9 Å². The highest BCUT2D eigenvalue weighted by Crippen LogP contribution is 2.34. The summed E-state index contributed by atoms with van der Waals surface area (Å²) < 4.78 is 0. The lowest BCUT2D eigenvalue weighted by atomic mass is 10.2. The lowest BCUT2D eigenvalue weighted by Crippen LogP contribution is -2.19. The van der Waals surface area contributed by atoms with Gasteiger partial charge in [-0.25, -0.2) is 0 Å². The van der Waals surface area contributed by atoms with Gasteiger partial charge in [0.05, 0.1) is 4.92 Å². The van der Waals surface area contributed by atoms with Crippen molar-refractivity contribution in [2.24, 2.45) is 0 Å². The summed E-state index contributed by atoms with van der Waals surface area (Å²) in [4.78, 5) is 12.9.